The molecule has 2 saturated heterocycles. The Morgan fingerprint density at radius 2 is 1.77 bits per heavy atom. The predicted molar refractivity (Wildman–Crippen MR) is 87.5 cm³/mol. The smallest absolute Gasteiger partial charge is 0.226 e. The molecule has 0 radical (unpaired) electrons. The van der Waals surface area contributed by atoms with Gasteiger partial charge in [0.2, 0.25) is 5.91 Å². The van der Waals surface area contributed by atoms with Crippen molar-refractivity contribution in [1.29, 1.82) is 0 Å². The van der Waals surface area contributed by atoms with Crippen molar-refractivity contribution in [1.82, 2.24) is 10.2 Å². The zero-order valence-corrected chi connectivity index (χ0v) is 13.6. The Bertz CT molecular complexity index is 488. The van der Waals surface area contributed by atoms with Crippen molar-refractivity contribution in [3.05, 3.63) is 35.6 Å². The average Bonchev–Trinajstić information content (AvgIpc) is 2.56. The van der Waals surface area contributed by atoms with Crippen LogP contribution in [0, 0.1) is 11.7 Å². The van der Waals surface area contributed by atoms with Crippen molar-refractivity contribution in [2.24, 2.45) is 5.92 Å². The third-order valence-corrected chi connectivity index (χ3v) is 4.73. The molecule has 3 nitrogen and oxygen atoms in total. The number of nitrogens with one attached hydrogen (secondary N) is 1. The monoisotopic (exact) mass is 326 g/mol. The van der Waals surface area contributed by atoms with Crippen molar-refractivity contribution in [2.45, 2.75) is 38.1 Å². The first-order valence-corrected chi connectivity index (χ1v) is 8.02. The van der Waals surface area contributed by atoms with Gasteiger partial charge in [-0.25, -0.2) is 4.39 Å². The number of halogens is 2. The van der Waals surface area contributed by atoms with Crippen LogP contribution < -0.4 is 5.32 Å². The minimum absolute atomic E-state index is 0. The Balaban J connectivity index is 0.00000176. The van der Waals surface area contributed by atoms with Gasteiger partial charge in [-0.15, -0.1) is 12.4 Å². The predicted octanol–water partition coefficient (Wildman–Crippen LogP) is 3.30. The molecule has 1 N–H and O–H groups in total. The van der Waals surface area contributed by atoms with Crippen LogP contribution in [-0.4, -0.2) is 30.4 Å². The molecule has 2 aliphatic rings. The highest BCUT2D eigenvalue weighted by atomic mass is 35.5. The van der Waals surface area contributed by atoms with E-state index in [1.165, 1.54) is 12.1 Å². The standard InChI is InChI=1S/C17H23FN2O.ClH/c18-15-6-4-13(5-7-15)16-3-1-2-12-20(16)17(21)14-8-10-19-11-9-14;/h4-7,14,16,19H,1-3,8-12H2;1H. The molecule has 0 aliphatic carbocycles. The van der Waals surface area contributed by atoms with E-state index in [0.717, 1.165) is 57.3 Å². The fourth-order valence-corrected chi connectivity index (χ4v) is 3.53. The van der Waals surface area contributed by atoms with Crippen molar-refractivity contribution in [3.63, 3.8) is 0 Å². The third-order valence-electron chi connectivity index (χ3n) is 4.73. The van der Waals surface area contributed by atoms with Crippen LogP contribution >= 0.6 is 12.4 Å². The fourth-order valence-electron chi connectivity index (χ4n) is 3.53. The Labute approximate surface area is 137 Å². The Morgan fingerprint density at radius 1 is 1.09 bits per heavy atom. The van der Waals surface area contributed by atoms with Crippen LogP contribution in [0.25, 0.3) is 0 Å². The van der Waals surface area contributed by atoms with E-state index >= 15 is 0 Å². The molecule has 5 heteroatoms. The second-order valence-electron chi connectivity index (χ2n) is 6.12. The second-order valence-corrected chi connectivity index (χ2v) is 6.12. The molecular formula is C17H24ClFN2O. The first-order valence-electron chi connectivity index (χ1n) is 8.02. The summed E-state index contributed by atoms with van der Waals surface area (Å²) in [7, 11) is 0. The van der Waals surface area contributed by atoms with Gasteiger partial charge in [0.1, 0.15) is 5.82 Å². The summed E-state index contributed by atoms with van der Waals surface area (Å²) in [6.07, 6.45) is 5.08. The number of hydrogen-bond donors (Lipinski definition) is 1. The molecule has 122 valence electrons. The number of likely N-dealkylation sites (tertiary alicyclic amines) is 1. The van der Waals surface area contributed by atoms with Crippen LogP contribution in [0.15, 0.2) is 24.3 Å². The summed E-state index contributed by atoms with van der Waals surface area (Å²) in [6.45, 7) is 2.71. The molecule has 1 aromatic carbocycles. The van der Waals surface area contributed by atoms with Gasteiger partial charge in [0.15, 0.2) is 0 Å². The molecule has 22 heavy (non-hydrogen) atoms. The molecule has 1 atom stereocenters. The van der Waals surface area contributed by atoms with Crippen LogP contribution in [0.2, 0.25) is 0 Å². The number of carbonyl (C=O) groups excluding carboxylic acids is 1. The molecule has 0 aromatic heterocycles. The van der Waals surface area contributed by atoms with E-state index in [1.54, 1.807) is 0 Å². The van der Waals surface area contributed by atoms with Crippen LogP contribution in [0.3, 0.4) is 0 Å². The number of hydrogen-bond acceptors (Lipinski definition) is 2. The highest BCUT2D eigenvalue weighted by Gasteiger charge is 2.32. The Hall–Kier alpha value is -1.13. The summed E-state index contributed by atoms with van der Waals surface area (Å²) in [4.78, 5) is 14.9. The third kappa shape index (κ3) is 3.79. The maximum atomic E-state index is 13.1. The van der Waals surface area contributed by atoms with Crippen molar-refractivity contribution in [2.75, 3.05) is 19.6 Å². The van der Waals surface area contributed by atoms with E-state index in [2.05, 4.69) is 5.32 Å². The van der Waals surface area contributed by atoms with Gasteiger partial charge in [0.25, 0.3) is 0 Å². The number of benzene rings is 1. The van der Waals surface area contributed by atoms with Gasteiger partial charge in [-0.3, -0.25) is 4.79 Å². The Kier molecular flexibility index (Phi) is 6.21. The number of piperidine rings is 2. The van der Waals surface area contributed by atoms with Crippen molar-refractivity contribution in [3.8, 4) is 0 Å². The van der Waals surface area contributed by atoms with Crippen molar-refractivity contribution < 1.29 is 9.18 Å². The largest absolute Gasteiger partial charge is 0.335 e. The molecule has 3 rings (SSSR count). The summed E-state index contributed by atoms with van der Waals surface area (Å²) < 4.78 is 13.1. The lowest BCUT2D eigenvalue weighted by molar-refractivity contribution is -0.140. The first kappa shape index (κ1) is 17.2. The van der Waals surface area contributed by atoms with Gasteiger partial charge in [-0.1, -0.05) is 12.1 Å². The zero-order chi connectivity index (χ0) is 14.7. The SMILES string of the molecule is Cl.O=C(C1CCNCC1)N1CCCCC1c1ccc(F)cc1. The Morgan fingerprint density at radius 3 is 2.45 bits per heavy atom. The normalized spacial score (nSPS) is 23.0. The molecule has 0 spiro atoms. The summed E-state index contributed by atoms with van der Waals surface area (Å²) in [5.74, 6) is 0.239. The van der Waals surface area contributed by atoms with Gasteiger partial charge < -0.3 is 10.2 Å². The van der Waals surface area contributed by atoms with Crippen LogP contribution in [0.4, 0.5) is 4.39 Å². The molecule has 1 unspecified atom stereocenters. The van der Waals surface area contributed by atoms with Gasteiger partial charge in [0.05, 0.1) is 6.04 Å². The minimum Gasteiger partial charge on any atom is -0.335 e. The molecule has 2 fully saturated rings. The topological polar surface area (TPSA) is 32.3 Å². The van der Waals surface area contributed by atoms with E-state index in [-0.39, 0.29) is 30.2 Å². The summed E-state index contributed by atoms with van der Waals surface area (Å²) >= 11 is 0. The molecule has 2 aliphatic heterocycles. The summed E-state index contributed by atoms with van der Waals surface area (Å²) in [5.41, 5.74) is 1.07. The summed E-state index contributed by atoms with van der Waals surface area (Å²) in [6, 6.07) is 6.78. The van der Waals surface area contributed by atoms with E-state index < -0.39 is 0 Å². The maximum absolute atomic E-state index is 13.1. The number of nitrogens with zero attached hydrogens (tertiary/aromatic N) is 1. The van der Waals surface area contributed by atoms with E-state index in [4.69, 9.17) is 0 Å². The number of amides is 1. The lowest BCUT2D eigenvalue weighted by Crippen LogP contribution is -2.44. The van der Waals surface area contributed by atoms with E-state index in [0.29, 0.717) is 5.91 Å². The molecule has 2 heterocycles. The minimum atomic E-state index is -0.217. The van der Waals surface area contributed by atoms with Gasteiger partial charge in [-0.05, 0) is 62.9 Å². The first-order chi connectivity index (χ1) is 10.3. The zero-order valence-electron chi connectivity index (χ0n) is 12.8. The fraction of sp³-hybridized carbons (Fsp3) is 0.588. The van der Waals surface area contributed by atoms with Crippen LogP contribution in [0.1, 0.15) is 43.7 Å². The second kappa shape index (κ2) is 7.93. The summed E-state index contributed by atoms with van der Waals surface area (Å²) in [5, 5.41) is 3.31. The molecule has 0 bridgehead atoms. The highest BCUT2D eigenvalue weighted by Crippen LogP contribution is 2.33. The van der Waals surface area contributed by atoms with Gasteiger partial charge in [0, 0.05) is 12.5 Å². The van der Waals surface area contributed by atoms with Crippen LogP contribution in [0.5, 0.6) is 0 Å². The average molecular weight is 327 g/mol. The molecular weight excluding hydrogens is 303 g/mol. The lowest BCUT2D eigenvalue weighted by atomic mass is 9.91. The molecule has 0 saturated carbocycles. The molecule has 1 aromatic rings. The maximum Gasteiger partial charge on any atom is 0.226 e. The van der Waals surface area contributed by atoms with Gasteiger partial charge >= 0.3 is 0 Å². The lowest BCUT2D eigenvalue weighted by Gasteiger charge is -2.39. The van der Waals surface area contributed by atoms with Crippen LogP contribution in [-0.2, 0) is 4.79 Å². The quantitative estimate of drug-likeness (QED) is 0.904. The number of rotatable bonds is 2. The van der Waals surface area contributed by atoms with Crippen molar-refractivity contribution >= 4 is 18.3 Å². The van der Waals surface area contributed by atoms with Gasteiger partial charge in [-0.2, -0.15) is 0 Å². The molecule has 1 amide bonds. The van der Waals surface area contributed by atoms with E-state index in [1.807, 2.05) is 17.0 Å². The highest BCUT2D eigenvalue weighted by molar-refractivity contribution is 5.85. The van der Waals surface area contributed by atoms with E-state index in [9.17, 15) is 9.18 Å². The number of carbonyl (C=O) groups is 1.